The number of thioether (sulfide) groups is 1. The predicted octanol–water partition coefficient (Wildman–Crippen LogP) is 2.27. The average molecular weight is 397 g/mol. The number of amides is 1. The van der Waals surface area contributed by atoms with Gasteiger partial charge >= 0.3 is 0 Å². The van der Waals surface area contributed by atoms with Gasteiger partial charge in [-0.05, 0) is 47.8 Å². The number of rotatable bonds is 9. The summed E-state index contributed by atoms with van der Waals surface area (Å²) in [5.74, 6) is 1.65. The summed E-state index contributed by atoms with van der Waals surface area (Å²) in [6.45, 7) is 1.38. The molecule has 8 heteroatoms. The first-order valence-electron chi connectivity index (χ1n) is 9.02. The van der Waals surface area contributed by atoms with Crippen molar-refractivity contribution in [2.24, 2.45) is 0 Å². The zero-order valence-electron chi connectivity index (χ0n) is 16.1. The van der Waals surface area contributed by atoms with Crippen LogP contribution < -0.4 is 5.32 Å². The van der Waals surface area contributed by atoms with Gasteiger partial charge in [0, 0.05) is 13.1 Å². The molecule has 0 radical (unpaired) electrons. The van der Waals surface area contributed by atoms with Crippen molar-refractivity contribution in [2.45, 2.75) is 18.8 Å². The highest BCUT2D eigenvalue weighted by Gasteiger charge is 2.10. The Hall–Kier alpha value is -2.71. The van der Waals surface area contributed by atoms with Crippen LogP contribution in [0.5, 0.6) is 0 Å². The minimum Gasteiger partial charge on any atom is -0.351 e. The summed E-state index contributed by atoms with van der Waals surface area (Å²) in [4.78, 5) is 14.4. The van der Waals surface area contributed by atoms with Crippen molar-refractivity contribution in [3.63, 3.8) is 0 Å². The van der Waals surface area contributed by atoms with Crippen LogP contribution in [0.2, 0.25) is 0 Å². The number of benzene rings is 2. The van der Waals surface area contributed by atoms with E-state index in [4.69, 9.17) is 0 Å². The van der Waals surface area contributed by atoms with Crippen LogP contribution in [0.25, 0.3) is 5.69 Å². The summed E-state index contributed by atoms with van der Waals surface area (Å²) in [7, 11) is 4.07. The molecule has 7 nitrogen and oxygen atoms in total. The number of hydrogen-bond donors (Lipinski definition) is 1. The molecule has 0 aliphatic carbocycles. The zero-order valence-corrected chi connectivity index (χ0v) is 16.9. The molecule has 0 spiro atoms. The van der Waals surface area contributed by atoms with Crippen molar-refractivity contribution in [2.75, 3.05) is 19.8 Å². The minimum atomic E-state index is 0.00314. The molecular weight excluding hydrogens is 372 g/mol. The second-order valence-electron chi connectivity index (χ2n) is 6.62. The third kappa shape index (κ3) is 5.64. The Labute approximate surface area is 169 Å². The lowest BCUT2D eigenvalue weighted by Gasteiger charge is -2.14. The number of nitrogens with one attached hydrogen (secondary N) is 1. The molecule has 0 aliphatic rings. The van der Waals surface area contributed by atoms with E-state index in [0.717, 1.165) is 23.6 Å². The second-order valence-corrected chi connectivity index (χ2v) is 7.60. The van der Waals surface area contributed by atoms with E-state index in [1.54, 1.807) is 4.68 Å². The topological polar surface area (TPSA) is 75.9 Å². The van der Waals surface area contributed by atoms with Crippen LogP contribution in [0.1, 0.15) is 17.0 Å². The quantitative estimate of drug-likeness (QED) is 0.598. The number of aromatic nitrogens is 4. The van der Waals surface area contributed by atoms with E-state index in [0.29, 0.717) is 18.1 Å². The van der Waals surface area contributed by atoms with Crippen molar-refractivity contribution >= 4 is 17.7 Å². The molecule has 0 atom stereocenters. The fourth-order valence-corrected chi connectivity index (χ4v) is 3.52. The highest BCUT2D eigenvalue weighted by molar-refractivity contribution is 7.99. The number of hydrogen-bond acceptors (Lipinski definition) is 6. The van der Waals surface area contributed by atoms with Gasteiger partial charge in [-0.25, -0.2) is 0 Å². The Kier molecular flexibility index (Phi) is 7.16. The molecule has 0 saturated heterocycles. The standard InChI is InChI=1S/C20H24N6OS/c1-25(2)13-17-9-7-6-8-16(17)12-21-20(27)15-28-14-19-22-23-24-26(19)18-10-4-3-5-11-18/h3-11H,12-15H2,1-2H3,(H,21,27). The maximum atomic E-state index is 12.2. The number of carbonyl (C=O) groups is 1. The Morgan fingerprint density at radius 1 is 1.07 bits per heavy atom. The summed E-state index contributed by atoms with van der Waals surface area (Å²) < 4.78 is 1.70. The van der Waals surface area contributed by atoms with Gasteiger partial charge in [-0.1, -0.05) is 42.5 Å². The minimum absolute atomic E-state index is 0.00314. The molecule has 3 rings (SSSR count). The molecule has 1 amide bonds. The van der Waals surface area contributed by atoms with Crippen LogP contribution in [0.15, 0.2) is 54.6 Å². The van der Waals surface area contributed by atoms with E-state index < -0.39 is 0 Å². The fourth-order valence-electron chi connectivity index (χ4n) is 2.77. The van der Waals surface area contributed by atoms with Crippen LogP contribution in [0.4, 0.5) is 0 Å². The van der Waals surface area contributed by atoms with E-state index in [1.807, 2.05) is 56.6 Å². The zero-order chi connectivity index (χ0) is 19.8. The molecule has 146 valence electrons. The van der Waals surface area contributed by atoms with Crippen molar-refractivity contribution in [3.05, 3.63) is 71.5 Å². The first-order valence-corrected chi connectivity index (χ1v) is 10.2. The summed E-state index contributed by atoms with van der Waals surface area (Å²) in [6.07, 6.45) is 0. The van der Waals surface area contributed by atoms with Crippen molar-refractivity contribution in [3.8, 4) is 5.69 Å². The van der Waals surface area contributed by atoms with Gasteiger partial charge in [-0.3, -0.25) is 4.79 Å². The van der Waals surface area contributed by atoms with Crippen LogP contribution in [0, 0.1) is 0 Å². The summed E-state index contributed by atoms with van der Waals surface area (Å²) in [5.41, 5.74) is 3.27. The normalized spacial score (nSPS) is 11.0. The highest BCUT2D eigenvalue weighted by atomic mass is 32.2. The van der Waals surface area contributed by atoms with Crippen LogP contribution in [0.3, 0.4) is 0 Å². The first kappa shape index (κ1) is 20.0. The molecular formula is C20H24N6OS. The maximum absolute atomic E-state index is 12.2. The first-order chi connectivity index (χ1) is 13.6. The van der Waals surface area contributed by atoms with Crippen molar-refractivity contribution < 1.29 is 4.79 Å². The molecule has 0 unspecified atom stereocenters. The van der Waals surface area contributed by atoms with Crippen LogP contribution in [-0.4, -0.2) is 50.9 Å². The lowest BCUT2D eigenvalue weighted by atomic mass is 10.1. The van der Waals surface area contributed by atoms with Gasteiger partial charge in [-0.2, -0.15) is 4.68 Å². The summed E-state index contributed by atoms with van der Waals surface area (Å²) in [6, 6.07) is 17.9. The molecule has 0 saturated carbocycles. The largest absolute Gasteiger partial charge is 0.351 e. The lowest BCUT2D eigenvalue weighted by molar-refractivity contribution is -0.118. The van der Waals surface area contributed by atoms with Gasteiger partial charge in [0.15, 0.2) is 5.82 Å². The maximum Gasteiger partial charge on any atom is 0.230 e. The number of tetrazole rings is 1. The monoisotopic (exact) mass is 396 g/mol. The Balaban J connectivity index is 1.48. The molecule has 0 aliphatic heterocycles. The van der Waals surface area contributed by atoms with E-state index >= 15 is 0 Å². The number of para-hydroxylation sites is 1. The molecule has 28 heavy (non-hydrogen) atoms. The van der Waals surface area contributed by atoms with E-state index in [-0.39, 0.29) is 5.91 Å². The SMILES string of the molecule is CN(C)Cc1ccccc1CNC(=O)CSCc1nnnn1-c1ccccc1. The predicted molar refractivity (Wildman–Crippen MR) is 111 cm³/mol. The van der Waals surface area contributed by atoms with Gasteiger partial charge in [0.25, 0.3) is 0 Å². The fraction of sp³-hybridized carbons (Fsp3) is 0.300. The second kappa shape index (κ2) is 10.0. The molecule has 0 bridgehead atoms. The Bertz CT molecular complexity index is 896. The highest BCUT2D eigenvalue weighted by Crippen LogP contribution is 2.14. The molecule has 3 aromatic rings. The summed E-state index contributed by atoms with van der Waals surface area (Å²) in [5, 5.41) is 14.9. The molecule has 0 fully saturated rings. The van der Waals surface area contributed by atoms with Gasteiger partial charge in [0.1, 0.15) is 0 Å². The van der Waals surface area contributed by atoms with Crippen molar-refractivity contribution in [1.29, 1.82) is 0 Å². The number of nitrogens with zero attached hydrogens (tertiary/aromatic N) is 5. The van der Waals surface area contributed by atoms with E-state index in [1.165, 1.54) is 17.3 Å². The van der Waals surface area contributed by atoms with E-state index in [9.17, 15) is 4.79 Å². The molecule has 2 aromatic carbocycles. The Morgan fingerprint density at radius 3 is 2.54 bits per heavy atom. The molecule has 1 N–H and O–H groups in total. The molecule has 1 aromatic heterocycles. The third-order valence-electron chi connectivity index (χ3n) is 4.08. The average Bonchev–Trinajstić information content (AvgIpc) is 3.16. The van der Waals surface area contributed by atoms with E-state index in [2.05, 4.69) is 37.9 Å². The van der Waals surface area contributed by atoms with Crippen LogP contribution >= 0.6 is 11.8 Å². The van der Waals surface area contributed by atoms with Gasteiger partial charge in [0.05, 0.1) is 17.2 Å². The Morgan fingerprint density at radius 2 is 1.79 bits per heavy atom. The lowest BCUT2D eigenvalue weighted by Crippen LogP contribution is -2.25. The third-order valence-corrected chi connectivity index (χ3v) is 5.01. The smallest absolute Gasteiger partial charge is 0.230 e. The van der Waals surface area contributed by atoms with Gasteiger partial charge in [0.2, 0.25) is 5.91 Å². The number of carbonyl (C=O) groups excluding carboxylic acids is 1. The molecule has 1 heterocycles. The van der Waals surface area contributed by atoms with Crippen molar-refractivity contribution in [1.82, 2.24) is 30.4 Å². The van der Waals surface area contributed by atoms with Gasteiger partial charge in [-0.15, -0.1) is 16.9 Å². The van der Waals surface area contributed by atoms with Crippen LogP contribution in [-0.2, 0) is 23.6 Å². The summed E-state index contributed by atoms with van der Waals surface area (Å²) >= 11 is 1.49. The van der Waals surface area contributed by atoms with Gasteiger partial charge < -0.3 is 10.2 Å².